The van der Waals surface area contributed by atoms with Gasteiger partial charge in [-0.15, -0.1) is 0 Å². The molecule has 4 atom stereocenters. The Morgan fingerprint density at radius 1 is 1.19 bits per heavy atom. The first-order chi connectivity index (χ1) is 15.4. The van der Waals surface area contributed by atoms with Crippen LogP contribution in [0.2, 0.25) is 0 Å². The minimum absolute atomic E-state index is 0.213. The number of nitrogens with zero attached hydrogens (tertiary/aromatic N) is 2. The van der Waals surface area contributed by atoms with Crippen LogP contribution in [-0.2, 0) is 14.3 Å². The standard InChI is InChI=1S/C22H23N3O7/c1-11-7-16(24-32-11)25-10-22-6-5-13(31-22)17(18(22)21(25)27)20(26)23-12-8-14(28-2)19(30-4)15(9-12)29-3/h5-9,13,17-18H,10H2,1-4H3,(H,23,26)/t13-,17+,18+,22+/m1/s1. The summed E-state index contributed by atoms with van der Waals surface area (Å²) in [4.78, 5) is 28.2. The molecule has 3 aliphatic rings. The topological polar surface area (TPSA) is 112 Å². The van der Waals surface area contributed by atoms with Crippen molar-refractivity contribution in [3.05, 3.63) is 36.1 Å². The second kappa shape index (κ2) is 7.27. The fourth-order valence-corrected chi connectivity index (χ4v) is 4.85. The molecule has 0 radical (unpaired) electrons. The first-order valence-corrected chi connectivity index (χ1v) is 10.1. The van der Waals surface area contributed by atoms with Gasteiger partial charge in [-0.25, -0.2) is 0 Å². The molecule has 0 unspecified atom stereocenters. The van der Waals surface area contributed by atoms with Gasteiger partial charge in [-0.3, -0.25) is 14.5 Å². The number of fused-ring (bicyclic) bond motifs is 1. The van der Waals surface area contributed by atoms with Crippen molar-refractivity contribution in [1.82, 2.24) is 5.16 Å². The monoisotopic (exact) mass is 441 g/mol. The van der Waals surface area contributed by atoms with Gasteiger partial charge in [-0.05, 0) is 6.92 Å². The molecule has 10 heteroatoms. The minimum Gasteiger partial charge on any atom is -0.493 e. The molecule has 2 aromatic rings. The molecule has 3 aliphatic heterocycles. The quantitative estimate of drug-likeness (QED) is 0.677. The van der Waals surface area contributed by atoms with Crippen LogP contribution in [0.1, 0.15) is 5.76 Å². The Kier molecular flexibility index (Phi) is 4.63. The maximum absolute atomic E-state index is 13.3. The number of carbonyl (C=O) groups excluding carboxylic acids is 2. The van der Waals surface area contributed by atoms with Crippen molar-refractivity contribution in [3.63, 3.8) is 0 Å². The summed E-state index contributed by atoms with van der Waals surface area (Å²) in [6.07, 6.45) is 3.25. The van der Waals surface area contributed by atoms with Crippen LogP contribution in [0, 0.1) is 18.8 Å². The number of nitrogens with one attached hydrogen (secondary N) is 1. The maximum atomic E-state index is 13.3. The summed E-state index contributed by atoms with van der Waals surface area (Å²) in [5, 5.41) is 6.84. The van der Waals surface area contributed by atoms with Crippen LogP contribution in [0.5, 0.6) is 17.2 Å². The third-order valence-electron chi connectivity index (χ3n) is 6.23. The number of aromatic nitrogens is 1. The zero-order valence-corrected chi connectivity index (χ0v) is 18.1. The van der Waals surface area contributed by atoms with Crippen molar-refractivity contribution < 1.29 is 33.1 Å². The number of ether oxygens (including phenoxy) is 4. The first kappa shape index (κ1) is 20.4. The third-order valence-corrected chi connectivity index (χ3v) is 6.23. The zero-order chi connectivity index (χ0) is 22.6. The number of amides is 2. The van der Waals surface area contributed by atoms with E-state index in [1.807, 2.05) is 12.2 Å². The fraction of sp³-hybridized carbons (Fsp3) is 0.409. The molecule has 1 aromatic carbocycles. The van der Waals surface area contributed by atoms with E-state index in [4.69, 9.17) is 23.5 Å². The highest BCUT2D eigenvalue weighted by atomic mass is 16.5. The highest BCUT2D eigenvalue weighted by Crippen LogP contribution is 2.53. The molecule has 2 bridgehead atoms. The molecular formula is C22H23N3O7. The average molecular weight is 441 g/mol. The molecule has 1 aromatic heterocycles. The van der Waals surface area contributed by atoms with E-state index >= 15 is 0 Å². The highest BCUT2D eigenvalue weighted by Gasteiger charge is 2.67. The molecule has 1 N–H and O–H groups in total. The van der Waals surface area contributed by atoms with Crippen molar-refractivity contribution in [1.29, 1.82) is 0 Å². The van der Waals surface area contributed by atoms with Gasteiger partial charge in [-0.2, -0.15) is 0 Å². The number of anilines is 2. The molecule has 10 nitrogen and oxygen atoms in total. The van der Waals surface area contributed by atoms with Gasteiger partial charge >= 0.3 is 0 Å². The van der Waals surface area contributed by atoms with E-state index in [-0.39, 0.29) is 18.4 Å². The molecule has 2 saturated heterocycles. The maximum Gasteiger partial charge on any atom is 0.235 e. The summed E-state index contributed by atoms with van der Waals surface area (Å²) in [5.74, 6) is 0.366. The Labute approximate surface area is 184 Å². The SMILES string of the molecule is COc1cc(NC(=O)[C@@H]2[C@H]3C(=O)N(c4cc(C)on4)C[C@@]34C=C[C@H]2O4)cc(OC)c1OC. The smallest absolute Gasteiger partial charge is 0.235 e. The van der Waals surface area contributed by atoms with E-state index in [0.29, 0.717) is 34.5 Å². The van der Waals surface area contributed by atoms with Crippen LogP contribution in [-0.4, -0.2) is 56.6 Å². The van der Waals surface area contributed by atoms with E-state index in [0.717, 1.165) is 0 Å². The van der Waals surface area contributed by atoms with E-state index < -0.39 is 23.5 Å². The largest absolute Gasteiger partial charge is 0.493 e. The van der Waals surface area contributed by atoms with Crippen LogP contribution >= 0.6 is 0 Å². The van der Waals surface area contributed by atoms with Gasteiger partial charge in [0.25, 0.3) is 0 Å². The molecule has 0 saturated carbocycles. The molecule has 2 fully saturated rings. The van der Waals surface area contributed by atoms with Gasteiger partial charge < -0.3 is 28.8 Å². The van der Waals surface area contributed by atoms with E-state index in [1.54, 1.807) is 25.1 Å². The fourth-order valence-electron chi connectivity index (χ4n) is 4.85. The number of carbonyl (C=O) groups is 2. The van der Waals surface area contributed by atoms with Crippen LogP contribution < -0.4 is 24.4 Å². The van der Waals surface area contributed by atoms with E-state index in [2.05, 4.69) is 10.5 Å². The minimum atomic E-state index is -0.855. The second-order valence-corrected chi connectivity index (χ2v) is 8.02. The number of rotatable bonds is 6. The van der Waals surface area contributed by atoms with E-state index in [9.17, 15) is 9.59 Å². The van der Waals surface area contributed by atoms with E-state index in [1.165, 1.54) is 26.2 Å². The first-order valence-electron chi connectivity index (χ1n) is 10.1. The predicted octanol–water partition coefficient (Wildman–Crippen LogP) is 1.93. The van der Waals surface area contributed by atoms with Crippen LogP contribution in [0.25, 0.3) is 0 Å². The van der Waals surface area contributed by atoms with Gasteiger partial charge in [0.2, 0.25) is 17.6 Å². The summed E-state index contributed by atoms with van der Waals surface area (Å²) in [7, 11) is 4.50. The Morgan fingerprint density at radius 3 is 2.50 bits per heavy atom. The summed E-state index contributed by atoms with van der Waals surface area (Å²) in [6.45, 7) is 2.04. The number of benzene rings is 1. The van der Waals surface area contributed by atoms with Crippen LogP contribution in [0.3, 0.4) is 0 Å². The van der Waals surface area contributed by atoms with Crippen molar-refractivity contribution >= 4 is 23.3 Å². The highest BCUT2D eigenvalue weighted by molar-refractivity contribution is 6.05. The van der Waals surface area contributed by atoms with Gasteiger partial charge in [0.1, 0.15) is 11.4 Å². The predicted molar refractivity (Wildman–Crippen MR) is 112 cm³/mol. The van der Waals surface area contributed by atoms with Crippen molar-refractivity contribution in [2.45, 2.75) is 18.6 Å². The number of methoxy groups -OCH3 is 3. The normalized spacial score (nSPS) is 27.6. The van der Waals surface area contributed by atoms with Gasteiger partial charge in [-0.1, -0.05) is 17.3 Å². The Balaban J connectivity index is 1.43. The second-order valence-electron chi connectivity index (χ2n) is 8.02. The van der Waals surface area contributed by atoms with Crippen molar-refractivity contribution in [3.8, 4) is 17.2 Å². The average Bonchev–Trinajstić information content (AvgIpc) is 3.53. The molecule has 168 valence electrons. The summed E-state index contributed by atoms with van der Waals surface area (Å²) < 4.78 is 27.3. The summed E-state index contributed by atoms with van der Waals surface area (Å²) in [6, 6.07) is 4.97. The lowest BCUT2D eigenvalue weighted by atomic mass is 9.77. The van der Waals surface area contributed by atoms with Crippen LogP contribution in [0.15, 0.2) is 34.9 Å². The van der Waals surface area contributed by atoms with Crippen molar-refractivity contribution in [2.75, 3.05) is 38.1 Å². The molecule has 32 heavy (non-hydrogen) atoms. The summed E-state index contributed by atoms with van der Waals surface area (Å²) in [5.41, 5.74) is -0.397. The molecule has 0 aliphatic carbocycles. The Morgan fingerprint density at radius 2 is 1.91 bits per heavy atom. The van der Waals surface area contributed by atoms with Gasteiger partial charge in [0, 0.05) is 23.9 Å². The lowest BCUT2D eigenvalue weighted by Gasteiger charge is -2.23. The third kappa shape index (κ3) is 2.86. The van der Waals surface area contributed by atoms with Crippen molar-refractivity contribution in [2.24, 2.45) is 11.8 Å². The zero-order valence-electron chi connectivity index (χ0n) is 18.1. The molecule has 1 spiro atoms. The molecular weight excluding hydrogens is 418 g/mol. The number of aryl methyl sites for hydroxylation is 1. The molecule has 2 amide bonds. The Hall–Kier alpha value is -3.53. The molecule has 5 rings (SSSR count). The molecule has 4 heterocycles. The summed E-state index contributed by atoms with van der Waals surface area (Å²) >= 11 is 0. The number of hydrogen-bond acceptors (Lipinski definition) is 8. The van der Waals surface area contributed by atoms with Gasteiger partial charge in [0.15, 0.2) is 17.3 Å². The number of hydrogen-bond donors (Lipinski definition) is 1. The van der Waals surface area contributed by atoms with Crippen LogP contribution in [0.4, 0.5) is 11.5 Å². The lowest BCUT2D eigenvalue weighted by Crippen LogP contribution is -2.41. The Bertz CT molecular complexity index is 1100. The van der Waals surface area contributed by atoms with Gasteiger partial charge in [0.05, 0.1) is 45.8 Å². The lowest BCUT2D eigenvalue weighted by molar-refractivity contribution is -0.128.